The van der Waals surface area contributed by atoms with Crippen LogP contribution in [0, 0.1) is 11.3 Å². The second-order valence-corrected chi connectivity index (χ2v) is 2.14. The molecular weight excluding hydrogens is 126 g/mol. The largest absolute Gasteiger partial charge is 0.271 e. The van der Waals surface area contributed by atoms with Gasteiger partial charge in [0.25, 0.3) is 0 Å². The Morgan fingerprint density at radius 1 is 1.80 bits per heavy atom. The first kappa shape index (κ1) is 7.00. The van der Waals surface area contributed by atoms with Crippen LogP contribution in [-0.4, -0.2) is 6.04 Å². The van der Waals surface area contributed by atoms with Crippen LogP contribution in [0.4, 0.5) is 0 Å². The molecule has 1 aliphatic rings. The lowest BCUT2D eigenvalue weighted by Gasteiger charge is -2.11. The van der Waals surface area contributed by atoms with Gasteiger partial charge < -0.3 is 0 Å². The molecule has 3 nitrogen and oxygen atoms in total. The Morgan fingerprint density at radius 3 is 3.00 bits per heavy atom. The van der Waals surface area contributed by atoms with Crippen molar-refractivity contribution < 1.29 is 0 Å². The summed E-state index contributed by atoms with van der Waals surface area (Å²) in [5, 5.41) is 8.43. The molecule has 1 unspecified atom stereocenters. The number of hydrogen-bond acceptors (Lipinski definition) is 3. The number of nitrogens with one attached hydrogen (secondary N) is 1. The van der Waals surface area contributed by atoms with E-state index in [0.29, 0.717) is 5.57 Å². The molecule has 1 rings (SSSR count). The van der Waals surface area contributed by atoms with Gasteiger partial charge in [-0.15, -0.1) is 0 Å². The van der Waals surface area contributed by atoms with Crippen LogP contribution in [0.5, 0.6) is 0 Å². The number of hydrazine groups is 1. The fourth-order valence-electron chi connectivity index (χ4n) is 0.827. The SMILES string of the molecule is N#CC1=CCC(NN)C=C1. The van der Waals surface area contributed by atoms with Gasteiger partial charge in [0.1, 0.15) is 0 Å². The van der Waals surface area contributed by atoms with E-state index in [4.69, 9.17) is 11.1 Å². The summed E-state index contributed by atoms with van der Waals surface area (Å²) < 4.78 is 0. The van der Waals surface area contributed by atoms with E-state index >= 15 is 0 Å². The van der Waals surface area contributed by atoms with Crippen LogP contribution in [-0.2, 0) is 0 Å². The zero-order valence-electron chi connectivity index (χ0n) is 5.54. The highest BCUT2D eigenvalue weighted by Crippen LogP contribution is 2.08. The maximum absolute atomic E-state index is 8.43. The minimum atomic E-state index is 0.192. The van der Waals surface area contributed by atoms with Crippen molar-refractivity contribution in [3.05, 3.63) is 23.8 Å². The van der Waals surface area contributed by atoms with Crippen molar-refractivity contribution in [2.75, 3.05) is 0 Å². The fourth-order valence-corrected chi connectivity index (χ4v) is 0.827. The average molecular weight is 135 g/mol. The predicted molar refractivity (Wildman–Crippen MR) is 38.6 cm³/mol. The molecule has 3 N–H and O–H groups in total. The molecule has 0 heterocycles. The molecule has 1 aliphatic carbocycles. The van der Waals surface area contributed by atoms with Crippen LogP contribution in [0.1, 0.15) is 6.42 Å². The second kappa shape index (κ2) is 3.16. The summed E-state index contributed by atoms with van der Waals surface area (Å²) in [7, 11) is 0. The third-order valence-corrected chi connectivity index (χ3v) is 1.44. The lowest BCUT2D eigenvalue weighted by Crippen LogP contribution is -2.33. The number of nitrogens with two attached hydrogens (primary N) is 1. The highest BCUT2D eigenvalue weighted by molar-refractivity contribution is 5.36. The first-order chi connectivity index (χ1) is 4.86. The molecular formula is C7H9N3. The van der Waals surface area contributed by atoms with Crippen molar-refractivity contribution >= 4 is 0 Å². The van der Waals surface area contributed by atoms with Gasteiger partial charge in [-0.25, -0.2) is 0 Å². The van der Waals surface area contributed by atoms with Crippen molar-refractivity contribution in [1.82, 2.24) is 5.43 Å². The predicted octanol–water partition coefficient (Wildman–Crippen LogP) is 0.228. The Labute approximate surface area is 59.8 Å². The summed E-state index contributed by atoms with van der Waals surface area (Å²) in [6, 6.07) is 2.25. The molecule has 10 heavy (non-hydrogen) atoms. The van der Waals surface area contributed by atoms with E-state index in [9.17, 15) is 0 Å². The molecule has 0 aromatic carbocycles. The Bertz CT molecular complexity index is 209. The second-order valence-electron chi connectivity index (χ2n) is 2.14. The third kappa shape index (κ3) is 1.44. The zero-order chi connectivity index (χ0) is 7.40. The summed E-state index contributed by atoms with van der Waals surface area (Å²) in [6.45, 7) is 0. The van der Waals surface area contributed by atoms with E-state index < -0.39 is 0 Å². The molecule has 0 aromatic heterocycles. The summed E-state index contributed by atoms with van der Waals surface area (Å²) in [5.41, 5.74) is 3.32. The van der Waals surface area contributed by atoms with E-state index in [-0.39, 0.29) is 6.04 Å². The highest BCUT2D eigenvalue weighted by Gasteiger charge is 2.04. The molecule has 0 aliphatic heterocycles. The monoisotopic (exact) mass is 135 g/mol. The fraction of sp³-hybridized carbons (Fsp3) is 0.286. The minimum Gasteiger partial charge on any atom is -0.271 e. The summed E-state index contributed by atoms with van der Waals surface area (Å²) in [5.74, 6) is 5.18. The van der Waals surface area contributed by atoms with E-state index in [1.807, 2.05) is 12.2 Å². The van der Waals surface area contributed by atoms with E-state index in [2.05, 4.69) is 11.5 Å². The first-order valence-corrected chi connectivity index (χ1v) is 3.11. The lowest BCUT2D eigenvalue weighted by molar-refractivity contribution is 0.622. The van der Waals surface area contributed by atoms with Gasteiger partial charge in [-0.1, -0.05) is 12.2 Å². The molecule has 0 radical (unpaired) electrons. The van der Waals surface area contributed by atoms with Gasteiger partial charge >= 0.3 is 0 Å². The molecule has 0 bridgehead atoms. The summed E-state index contributed by atoms with van der Waals surface area (Å²) >= 11 is 0. The van der Waals surface area contributed by atoms with Gasteiger partial charge in [0.05, 0.1) is 6.07 Å². The summed E-state index contributed by atoms with van der Waals surface area (Å²) in [6.07, 6.45) is 6.33. The van der Waals surface area contributed by atoms with E-state index in [1.54, 1.807) is 6.08 Å². The van der Waals surface area contributed by atoms with Crippen molar-refractivity contribution in [1.29, 1.82) is 5.26 Å². The molecule has 3 heteroatoms. The van der Waals surface area contributed by atoms with E-state index in [1.165, 1.54) is 0 Å². The Kier molecular flexibility index (Phi) is 2.21. The Balaban J connectivity index is 2.57. The van der Waals surface area contributed by atoms with Crippen LogP contribution >= 0.6 is 0 Å². The van der Waals surface area contributed by atoms with Crippen molar-refractivity contribution in [2.24, 2.45) is 5.84 Å². The lowest BCUT2D eigenvalue weighted by atomic mass is 10.0. The van der Waals surface area contributed by atoms with Crippen LogP contribution in [0.15, 0.2) is 23.8 Å². The van der Waals surface area contributed by atoms with Gasteiger partial charge in [-0.2, -0.15) is 5.26 Å². The maximum atomic E-state index is 8.43. The van der Waals surface area contributed by atoms with Gasteiger partial charge in [0.2, 0.25) is 0 Å². The van der Waals surface area contributed by atoms with Crippen LogP contribution in [0.3, 0.4) is 0 Å². The van der Waals surface area contributed by atoms with E-state index in [0.717, 1.165) is 6.42 Å². The number of nitriles is 1. The van der Waals surface area contributed by atoms with Crippen LogP contribution in [0.25, 0.3) is 0 Å². The molecule has 0 amide bonds. The van der Waals surface area contributed by atoms with Crippen molar-refractivity contribution in [2.45, 2.75) is 12.5 Å². The number of allylic oxidation sites excluding steroid dienone is 2. The van der Waals surface area contributed by atoms with Gasteiger partial charge in [0, 0.05) is 11.6 Å². The topological polar surface area (TPSA) is 61.8 Å². The van der Waals surface area contributed by atoms with Gasteiger partial charge in [-0.05, 0) is 12.5 Å². The summed E-state index contributed by atoms with van der Waals surface area (Å²) in [4.78, 5) is 0. The molecule has 0 fully saturated rings. The smallest absolute Gasteiger partial charge is 0.0988 e. The number of rotatable bonds is 1. The van der Waals surface area contributed by atoms with Crippen LogP contribution < -0.4 is 11.3 Å². The highest BCUT2D eigenvalue weighted by atomic mass is 15.2. The molecule has 0 saturated heterocycles. The van der Waals surface area contributed by atoms with Gasteiger partial charge in [0.15, 0.2) is 0 Å². The molecule has 0 aromatic rings. The van der Waals surface area contributed by atoms with Crippen LogP contribution in [0.2, 0.25) is 0 Å². The Morgan fingerprint density at radius 2 is 2.60 bits per heavy atom. The molecule has 1 atom stereocenters. The van der Waals surface area contributed by atoms with Crippen molar-refractivity contribution in [3.63, 3.8) is 0 Å². The molecule has 0 saturated carbocycles. The maximum Gasteiger partial charge on any atom is 0.0988 e. The normalized spacial score (nSPS) is 23.6. The molecule has 0 spiro atoms. The first-order valence-electron chi connectivity index (χ1n) is 3.11. The van der Waals surface area contributed by atoms with Gasteiger partial charge in [-0.3, -0.25) is 11.3 Å². The number of nitrogens with zero attached hydrogens (tertiary/aromatic N) is 1. The average Bonchev–Trinajstić information content (AvgIpc) is 2.05. The Hall–Kier alpha value is -1.11. The minimum absolute atomic E-state index is 0.192. The molecule has 52 valence electrons. The number of hydrogen-bond donors (Lipinski definition) is 2. The van der Waals surface area contributed by atoms with Crippen molar-refractivity contribution in [3.8, 4) is 6.07 Å². The standard InChI is InChI=1S/C7H9N3/c8-5-6-1-3-7(10-9)4-2-6/h1-3,7,10H,4,9H2. The zero-order valence-corrected chi connectivity index (χ0v) is 5.54. The quantitative estimate of drug-likeness (QED) is 0.399. The third-order valence-electron chi connectivity index (χ3n) is 1.44.